The Labute approximate surface area is 163 Å². The van der Waals surface area contributed by atoms with Crippen LogP contribution in [0.25, 0.3) is 0 Å². The number of hydrogen-bond donors (Lipinski definition) is 0. The van der Waals surface area contributed by atoms with E-state index in [4.69, 9.17) is 16.3 Å². The first-order valence-corrected chi connectivity index (χ1v) is 10.6. The van der Waals surface area contributed by atoms with Crippen molar-refractivity contribution in [2.75, 3.05) is 25.4 Å². The number of benzene rings is 1. The van der Waals surface area contributed by atoms with Crippen LogP contribution in [0.3, 0.4) is 0 Å². The summed E-state index contributed by atoms with van der Waals surface area (Å²) in [7, 11) is 0. The number of tetrazole rings is 1. The van der Waals surface area contributed by atoms with Gasteiger partial charge in [-0.2, -0.15) is 0 Å². The molecule has 0 spiro atoms. The summed E-state index contributed by atoms with van der Waals surface area (Å²) in [5, 5.41) is 14.1. The molecule has 1 atom stereocenters. The Morgan fingerprint density at radius 3 is 2.92 bits per heavy atom. The molecule has 2 heterocycles. The van der Waals surface area contributed by atoms with E-state index in [2.05, 4.69) is 26.5 Å². The van der Waals surface area contributed by atoms with E-state index in [1.807, 2.05) is 22.9 Å². The van der Waals surface area contributed by atoms with E-state index in [0.717, 1.165) is 42.2 Å². The number of halogens is 1. The van der Waals surface area contributed by atoms with Crippen molar-refractivity contribution in [3.8, 4) is 0 Å². The lowest BCUT2D eigenvalue weighted by molar-refractivity contribution is -0.0187. The largest absolute Gasteiger partial charge is 0.375 e. The Kier molecular flexibility index (Phi) is 6.09. The summed E-state index contributed by atoms with van der Waals surface area (Å²) in [5.74, 6) is 0.867. The maximum Gasteiger partial charge on any atom is 0.209 e. The number of morpholine rings is 1. The molecule has 8 heteroatoms. The molecule has 1 aliphatic heterocycles. The summed E-state index contributed by atoms with van der Waals surface area (Å²) in [6.07, 6.45) is 5.10. The molecule has 2 aromatic rings. The van der Waals surface area contributed by atoms with Gasteiger partial charge < -0.3 is 4.74 Å². The Morgan fingerprint density at radius 1 is 1.23 bits per heavy atom. The molecule has 0 radical (unpaired) electrons. The van der Waals surface area contributed by atoms with Gasteiger partial charge in [-0.1, -0.05) is 54.4 Å². The predicted octanol–water partition coefficient (Wildman–Crippen LogP) is 3.43. The zero-order valence-electron chi connectivity index (χ0n) is 14.8. The first kappa shape index (κ1) is 18.2. The molecule has 0 bridgehead atoms. The molecule has 2 aliphatic rings. The average molecular weight is 394 g/mol. The number of rotatable bonds is 6. The fraction of sp³-hybridized carbons (Fsp3) is 0.611. The second-order valence-corrected chi connectivity index (χ2v) is 8.37. The van der Waals surface area contributed by atoms with Gasteiger partial charge in [-0.05, 0) is 34.9 Å². The maximum atomic E-state index is 6.30. The van der Waals surface area contributed by atoms with Crippen molar-refractivity contribution in [2.24, 2.45) is 0 Å². The van der Waals surface area contributed by atoms with Crippen molar-refractivity contribution >= 4 is 23.4 Å². The van der Waals surface area contributed by atoms with Gasteiger partial charge in [0.2, 0.25) is 5.16 Å². The van der Waals surface area contributed by atoms with Gasteiger partial charge in [0.05, 0.1) is 18.8 Å². The van der Waals surface area contributed by atoms with Crippen molar-refractivity contribution < 1.29 is 4.74 Å². The first-order valence-electron chi connectivity index (χ1n) is 9.27. The molecule has 1 aromatic carbocycles. The van der Waals surface area contributed by atoms with Gasteiger partial charge in [0.1, 0.15) is 0 Å². The standard InChI is InChI=1S/C18H24ClN5OS/c19-17-8-4-1-5-14(17)11-23-9-10-25-16(12-23)13-26-18-20-21-22-24(18)15-6-2-3-7-15/h1,4-5,8,15-16H,2-3,6-7,9-13H2/t16-/m0/s1. The van der Waals surface area contributed by atoms with E-state index in [1.54, 1.807) is 11.8 Å². The Hall–Kier alpha value is -1.15. The van der Waals surface area contributed by atoms with E-state index in [9.17, 15) is 0 Å². The van der Waals surface area contributed by atoms with Gasteiger partial charge in [0.25, 0.3) is 0 Å². The Balaban J connectivity index is 1.31. The molecule has 1 saturated heterocycles. The fourth-order valence-electron chi connectivity index (χ4n) is 3.72. The second kappa shape index (κ2) is 8.69. The molecule has 1 aromatic heterocycles. The van der Waals surface area contributed by atoms with Crippen molar-refractivity contribution in [2.45, 2.75) is 49.5 Å². The molecular formula is C18H24ClN5OS. The Bertz CT molecular complexity index is 721. The van der Waals surface area contributed by atoms with Crippen LogP contribution in [0.2, 0.25) is 5.02 Å². The highest BCUT2D eigenvalue weighted by Gasteiger charge is 2.25. The quantitative estimate of drug-likeness (QED) is 0.701. The summed E-state index contributed by atoms with van der Waals surface area (Å²) in [4.78, 5) is 2.41. The van der Waals surface area contributed by atoms with Crippen LogP contribution in [0, 0.1) is 0 Å². The molecule has 0 N–H and O–H groups in total. The zero-order chi connectivity index (χ0) is 17.8. The van der Waals surface area contributed by atoms with Gasteiger partial charge in [0, 0.05) is 30.4 Å². The lowest BCUT2D eigenvalue weighted by Gasteiger charge is -2.32. The van der Waals surface area contributed by atoms with Crippen LogP contribution in [0.5, 0.6) is 0 Å². The molecule has 140 valence electrons. The normalized spacial score (nSPS) is 22.1. The van der Waals surface area contributed by atoms with Crippen LogP contribution in [0.1, 0.15) is 37.3 Å². The van der Waals surface area contributed by atoms with Crippen molar-refractivity contribution in [3.05, 3.63) is 34.9 Å². The third-order valence-electron chi connectivity index (χ3n) is 5.11. The molecule has 1 aliphatic carbocycles. The zero-order valence-corrected chi connectivity index (χ0v) is 16.3. The fourth-order valence-corrected chi connectivity index (χ4v) is 4.86. The third kappa shape index (κ3) is 4.39. The average Bonchev–Trinajstić information content (AvgIpc) is 3.33. The minimum Gasteiger partial charge on any atom is -0.375 e. The molecular weight excluding hydrogens is 370 g/mol. The summed E-state index contributed by atoms with van der Waals surface area (Å²) < 4.78 is 7.98. The van der Waals surface area contributed by atoms with Crippen LogP contribution in [0.4, 0.5) is 0 Å². The summed E-state index contributed by atoms with van der Waals surface area (Å²) in [6, 6.07) is 8.53. The molecule has 26 heavy (non-hydrogen) atoms. The minimum atomic E-state index is 0.185. The van der Waals surface area contributed by atoms with Crippen LogP contribution in [0.15, 0.2) is 29.4 Å². The highest BCUT2D eigenvalue weighted by molar-refractivity contribution is 7.99. The highest BCUT2D eigenvalue weighted by Crippen LogP contribution is 2.31. The highest BCUT2D eigenvalue weighted by atomic mass is 35.5. The van der Waals surface area contributed by atoms with E-state index in [1.165, 1.54) is 31.2 Å². The second-order valence-electron chi connectivity index (χ2n) is 6.97. The lowest BCUT2D eigenvalue weighted by Crippen LogP contribution is -2.43. The molecule has 6 nitrogen and oxygen atoms in total. The van der Waals surface area contributed by atoms with Crippen molar-refractivity contribution in [3.63, 3.8) is 0 Å². The monoisotopic (exact) mass is 393 g/mol. The van der Waals surface area contributed by atoms with E-state index >= 15 is 0 Å². The maximum absolute atomic E-state index is 6.30. The lowest BCUT2D eigenvalue weighted by atomic mass is 10.2. The van der Waals surface area contributed by atoms with Crippen LogP contribution < -0.4 is 0 Å². The number of aromatic nitrogens is 4. The van der Waals surface area contributed by atoms with Gasteiger partial charge >= 0.3 is 0 Å². The predicted molar refractivity (Wildman–Crippen MR) is 103 cm³/mol. The number of ether oxygens (including phenoxy) is 1. The molecule has 1 saturated carbocycles. The topological polar surface area (TPSA) is 56.1 Å². The minimum absolute atomic E-state index is 0.185. The van der Waals surface area contributed by atoms with Crippen LogP contribution in [-0.4, -0.2) is 56.7 Å². The molecule has 4 rings (SSSR count). The van der Waals surface area contributed by atoms with Gasteiger partial charge in [-0.25, -0.2) is 4.68 Å². The van der Waals surface area contributed by atoms with Gasteiger partial charge in [-0.3, -0.25) is 4.90 Å². The van der Waals surface area contributed by atoms with Crippen LogP contribution in [-0.2, 0) is 11.3 Å². The van der Waals surface area contributed by atoms with E-state index < -0.39 is 0 Å². The van der Waals surface area contributed by atoms with Crippen molar-refractivity contribution in [1.29, 1.82) is 0 Å². The number of hydrogen-bond acceptors (Lipinski definition) is 6. The molecule has 0 unspecified atom stereocenters. The van der Waals surface area contributed by atoms with Gasteiger partial charge in [0.15, 0.2) is 0 Å². The van der Waals surface area contributed by atoms with Crippen LogP contribution >= 0.6 is 23.4 Å². The Morgan fingerprint density at radius 2 is 2.08 bits per heavy atom. The van der Waals surface area contributed by atoms with Crippen molar-refractivity contribution in [1.82, 2.24) is 25.1 Å². The number of thioether (sulfide) groups is 1. The summed E-state index contributed by atoms with van der Waals surface area (Å²) in [5.41, 5.74) is 1.17. The SMILES string of the molecule is Clc1ccccc1CN1CCO[C@H](CSc2nnnn2C2CCCC2)C1. The summed E-state index contributed by atoms with van der Waals surface area (Å²) >= 11 is 8.01. The molecule has 0 amide bonds. The van der Waals surface area contributed by atoms with Gasteiger partial charge in [-0.15, -0.1) is 5.10 Å². The van der Waals surface area contributed by atoms with E-state index in [-0.39, 0.29) is 6.10 Å². The third-order valence-corrected chi connectivity index (χ3v) is 6.54. The number of nitrogens with zero attached hydrogens (tertiary/aromatic N) is 5. The summed E-state index contributed by atoms with van der Waals surface area (Å²) in [6.45, 7) is 3.46. The smallest absolute Gasteiger partial charge is 0.209 e. The first-order chi connectivity index (χ1) is 12.8. The molecule has 2 fully saturated rings. The van der Waals surface area contributed by atoms with E-state index in [0.29, 0.717) is 6.04 Å².